The molecular weight excluding hydrogens is 268 g/mol. The number of pyridine rings is 1. The Morgan fingerprint density at radius 3 is 2.37 bits per heavy atom. The Bertz CT molecular complexity index is 651. The third-order valence-electron chi connectivity index (χ3n) is 2.34. The summed E-state index contributed by atoms with van der Waals surface area (Å²) in [6, 6.07) is 8.34. The van der Waals surface area contributed by atoms with Crippen LogP contribution in [0.5, 0.6) is 11.6 Å². The van der Waals surface area contributed by atoms with E-state index in [9.17, 15) is 8.42 Å². The summed E-state index contributed by atoms with van der Waals surface area (Å²) >= 11 is 0. The van der Waals surface area contributed by atoms with Gasteiger partial charge in [-0.05, 0) is 30.3 Å². The summed E-state index contributed by atoms with van der Waals surface area (Å²) in [5.41, 5.74) is 0.328. The molecule has 1 heterocycles. The molecule has 0 saturated carbocycles. The van der Waals surface area contributed by atoms with Crippen LogP contribution in [0.2, 0.25) is 0 Å². The molecule has 1 aromatic heterocycles. The average Bonchev–Trinajstić information content (AvgIpc) is 2.40. The van der Waals surface area contributed by atoms with E-state index in [-0.39, 0.29) is 10.6 Å². The molecule has 0 unspecified atom stereocenters. The van der Waals surface area contributed by atoms with E-state index in [0.717, 1.165) is 0 Å². The predicted octanol–water partition coefficient (Wildman–Crippen LogP) is 1.60. The summed E-state index contributed by atoms with van der Waals surface area (Å²) < 4.78 is 31.3. The minimum Gasteiger partial charge on any atom is -0.508 e. The number of nitrogens with zero attached hydrogens (tertiary/aromatic N) is 1. The summed E-state index contributed by atoms with van der Waals surface area (Å²) in [5.74, 6) is 0.401. The number of methoxy groups -OCH3 is 1. The maximum Gasteiger partial charge on any atom is 0.261 e. The number of anilines is 1. The Hall–Kier alpha value is -2.28. The maximum atomic E-state index is 12.0. The number of hydrogen-bond acceptors (Lipinski definition) is 5. The Morgan fingerprint density at radius 2 is 1.84 bits per heavy atom. The van der Waals surface area contributed by atoms with Gasteiger partial charge in [-0.25, -0.2) is 13.4 Å². The SMILES string of the molecule is COc1ccc(NS(=O)(=O)c2ccc(O)cc2)cn1. The lowest BCUT2D eigenvalue weighted by Crippen LogP contribution is -2.12. The van der Waals surface area contributed by atoms with Crippen molar-refractivity contribution in [2.24, 2.45) is 0 Å². The number of rotatable bonds is 4. The van der Waals surface area contributed by atoms with Crippen LogP contribution in [-0.2, 0) is 10.0 Å². The molecule has 0 aliphatic heterocycles. The Kier molecular flexibility index (Phi) is 3.57. The van der Waals surface area contributed by atoms with E-state index in [0.29, 0.717) is 11.6 Å². The van der Waals surface area contributed by atoms with Crippen LogP contribution in [0.1, 0.15) is 0 Å². The fourth-order valence-electron chi connectivity index (χ4n) is 1.40. The third-order valence-corrected chi connectivity index (χ3v) is 3.74. The zero-order chi connectivity index (χ0) is 13.9. The van der Waals surface area contributed by atoms with Crippen LogP contribution in [0.25, 0.3) is 0 Å². The number of phenols is 1. The van der Waals surface area contributed by atoms with E-state index in [1.165, 1.54) is 37.6 Å². The molecule has 0 bridgehead atoms. The number of phenolic OH excluding ortho intramolecular Hbond substituents is 1. The highest BCUT2D eigenvalue weighted by Gasteiger charge is 2.14. The minimum atomic E-state index is -3.69. The van der Waals surface area contributed by atoms with Gasteiger partial charge in [-0.3, -0.25) is 4.72 Å². The molecule has 0 fully saturated rings. The number of nitrogens with one attached hydrogen (secondary N) is 1. The summed E-state index contributed by atoms with van der Waals surface area (Å²) in [4.78, 5) is 3.96. The van der Waals surface area contributed by atoms with Gasteiger partial charge in [0.15, 0.2) is 0 Å². The second-order valence-corrected chi connectivity index (χ2v) is 5.37. The summed E-state index contributed by atoms with van der Waals surface area (Å²) in [5, 5.41) is 9.13. The lowest BCUT2D eigenvalue weighted by Gasteiger charge is -2.08. The molecule has 0 saturated heterocycles. The third kappa shape index (κ3) is 3.14. The van der Waals surface area contributed by atoms with Crippen LogP contribution < -0.4 is 9.46 Å². The van der Waals surface area contributed by atoms with Gasteiger partial charge in [0.2, 0.25) is 5.88 Å². The first kappa shape index (κ1) is 13.2. The molecule has 0 aliphatic carbocycles. The van der Waals surface area contributed by atoms with Gasteiger partial charge in [0.25, 0.3) is 10.0 Å². The standard InChI is InChI=1S/C12H12N2O4S/c1-18-12-7-2-9(8-13-12)14-19(16,17)11-5-3-10(15)4-6-11/h2-8,14-15H,1H3. The molecule has 6 nitrogen and oxygen atoms in total. The summed E-state index contributed by atoms with van der Waals surface area (Å²) in [6.45, 7) is 0. The van der Waals surface area contributed by atoms with Crippen LogP contribution >= 0.6 is 0 Å². The zero-order valence-corrected chi connectivity index (χ0v) is 10.9. The molecule has 2 N–H and O–H groups in total. The first-order valence-electron chi connectivity index (χ1n) is 5.33. The van der Waals surface area contributed by atoms with Gasteiger partial charge < -0.3 is 9.84 Å². The van der Waals surface area contributed by atoms with Gasteiger partial charge in [-0.2, -0.15) is 0 Å². The van der Waals surface area contributed by atoms with E-state index in [1.54, 1.807) is 12.1 Å². The molecule has 100 valence electrons. The van der Waals surface area contributed by atoms with Gasteiger partial charge in [0, 0.05) is 6.07 Å². The Morgan fingerprint density at radius 1 is 1.16 bits per heavy atom. The van der Waals surface area contributed by atoms with Crippen molar-refractivity contribution in [2.45, 2.75) is 4.90 Å². The van der Waals surface area contributed by atoms with Crippen molar-refractivity contribution in [1.82, 2.24) is 4.98 Å². The Labute approximate surface area is 110 Å². The number of ether oxygens (including phenoxy) is 1. The van der Waals surface area contributed by atoms with Crippen LogP contribution in [0.4, 0.5) is 5.69 Å². The van der Waals surface area contributed by atoms with Gasteiger partial charge in [-0.1, -0.05) is 0 Å². The van der Waals surface area contributed by atoms with Crippen molar-refractivity contribution in [1.29, 1.82) is 0 Å². The van der Waals surface area contributed by atoms with E-state index >= 15 is 0 Å². The lowest BCUT2D eigenvalue weighted by molar-refractivity contribution is 0.398. The van der Waals surface area contributed by atoms with Gasteiger partial charge in [-0.15, -0.1) is 0 Å². The number of aromatic nitrogens is 1. The second-order valence-electron chi connectivity index (χ2n) is 3.69. The quantitative estimate of drug-likeness (QED) is 0.888. The predicted molar refractivity (Wildman–Crippen MR) is 69.7 cm³/mol. The van der Waals surface area contributed by atoms with E-state index < -0.39 is 10.0 Å². The minimum absolute atomic E-state index is 0.00469. The first-order valence-corrected chi connectivity index (χ1v) is 6.81. The fraction of sp³-hybridized carbons (Fsp3) is 0.0833. The van der Waals surface area contributed by atoms with Crippen molar-refractivity contribution in [3.63, 3.8) is 0 Å². The molecule has 1 aromatic carbocycles. The van der Waals surface area contributed by atoms with E-state index in [2.05, 4.69) is 9.71 Å². The molecule has 7 heteroatoms. The van der Waals surface area contributed by atoms with Crippen LogP contribution in [0.15, 0.2) is 47.5 Å². The molecule has 0 atom stereocenters. The van der Waals surface area contributed by atoms with Gasteiger partial charge in [0.05, 0.1) is 23.9 Å². The maximum absolute atomic E-state index is 12.0. The topological polar surface area (TPSA) is 88.5 Å². The zero-order valence-electron chi connectivity index (χ0n) is 10.1. The highest BCUT2D eigenvalue weighted by molar-refractivity contribution is 7.92. The molecule has 2 aromatic rings. The summed E-state index contributed by atoms with van der Waals surface area (Å²) in [6.07, 6.45) is 1.36. The molecule has 0 spiro atoms. The number of hydrogen-bond donors (Lipinski definition) is 2. The largest absolute Gasteiger partial charge is 0.508 e. The van der Waals surface area contributed by atoms with Gasteiger partial charge in [0.1, 0.15) is 5.75 Å². The van der Waals surface area contributed by atoms with Crippen LogP contribution in [-0.4, -0.2) is 25.6 Å². The second kappa shape index (κ2) is 5.15. The number of sulfonamides is 1. The molecule has 0 amide bonds. The first-order chi connectivity index (χ1) is 9.01. The lowest BCUT2D eigenvalue weighted by atomic mass is 10.3. The van der Waals surface area contributed by atoms with E-state index in [4.69, 9.17) is 9.84 Å². The van der Waals surface area contributed by atoms with Crippen molar-refractivity contribution < 1.29 is 18.3 Å². The van der Waals surface area contributed by atoms with E-state index in [1.807, 2.05) is 0 Å². The number of benzene rings is 1. The van der Waals surface area contributed by atoms with Crippen LogP contribution in [0.3, 0.4) is 0 Å². The Balaban J connectivity index is 2.23. The fourth-order valence-corrected chi connectivity index (χ4v) is 2.44. The molecule has 0 radical (unpaired) electrons. The van der Waals surface area contributed by atoms with Crippen molar-refractivity contribution in [3.8, 4) is 11.6 Å². The molecular formula is C12H12N2O4S. The highest BCUT2D eigenvalue weighted by Crippen LogP contribution is 2.19. The smallest absolute Gasteiger partial charge is 0.261 e. The average molecular weight is 280 g/mol. The van der Waals surface area contributed by atoms with Crippen molar-refractivity contribution in [2.75, 3.05) is 11.8 Å². The molecule has 2 rings (SSSR count). The highest BCUT2D eigenvalue weighted by atomic mass is 32.2. The van der Waals surface area contributed by atoms with Crippen molar-refractivity contribution >= 4 is 15.7 Å². The van der Waals surface area contributed by atoms with Gasteiger partial charge >= 0.3 is 0 Å². The molecule has 0 aliphatic rings. The van der Waals surface area contributed by atoms with Crippen LogP contribution in [0, 0.1) is 0 Å². The van der Waals surface area contributed by atoms with Crippen molar-refractivity contribution in [3.05, 3.63) is 42.6 Å². The summed E-state index contributed by atoms with van der Waals surface area (Å²) in [7, 11) is -2.22. The molecule has 19 heavy (non-hydrogen) atoms. The number of aromatic hydroxyl groups is 1. The normalized spacial score (nSPS) is 11.0. The monoisotopic (exact) mass is 280 g/mol.